The fourth-order valence-electron chi connectivity index (χ4n) is 2.85. The number of anilines is 1. The van der Waals surface area contributed by atoms with Gasteiger partial charge in [-0.15, -0.1) is 11.3 Å². The predicted octanol–water partition coefficient (Wildman–Crippen LogP) is 3.71. The van der Waals surface area contributed by atoms with E-state index in [1.807, 2.05) is 0 Å². The van der Waals surface area contributed by atoms with Crippen LogP contribution < -0.4 is 5.73 Å². The summed E-state index contributed by atoms with van der Waals surface area (Å²) in [4.78, 5) is 6.95. The summed E-state index contributed by atoms with van der Waals surface area (Å²) in [7, 11) is 0. The lowest BCUT2D eigenvalue weighted by molar-refractivity contribution is 0.670. The molecule has 0 aliphatic heterocycles. The lowest BCUT2D eigenvalue weighted by Gasteiger charge is -2.20. The molecule has 0 fully saturated rings. The van der Waals surface area contributed by atoms with Gasteiger partial charge < -0.3 is 5.73 Å². The number of nitrogens with zero attached hydrogens (tertiary/aromatic N) is 2. The van der Waals surface area contributed by atoms with Gasteiger partial charge in [0.1, 0.15) is 17.5 Å². The van der Waals surface area contributed by atoms with Crippen LogP contribution in [0, 0.1) is 11.3 Å². The molecule has 1 aliphatic carbocycles. The minimum atomic E-state index is 0.384. The molecule has 4 heteroatoms. The first-order valence-electron chi connectivity index (χ1n) is 7.05. The van der Waals surface area contributed by atoms with Gasteiger partial charge in [0.05, 0.1) is 0 Å². The molecule has 20 heavy (non-hydrogen) atoms. The zero-order chi connectivity index (χ0) is 14.1. The topological polar surface area (TPSA) is 62.7 Å². The van der Waals surface area contributed by atoms with Crippen molar-refractivity contribution < 1.29 is 0 Å². The Balaban J connectivity index is 2.26. The number of nitrogens with two attached hydrogens (primary N) is 1. The second kappa shape index (κ2) is 5.26. The molecule has 2 aromatic rings. The summed E-state index contributed by atoms with van der Waals surface area (Å²) in [5.41, 5.74) is 9.93. The molecule has 0 atom stereocenters. The molecule has 3 rings (SSSR count). The molecular formula is C16H17N3S. The van der Waals surface area contributed by atoms with Crippen LogP contribution in [0.4, 0.5) is 5.82 Å². The van der Waals surface area contributed by atoms with Gasteiger partial charge in [0.2, 0.25) is 0 Å². The molecule has 0 bridgehead atoms. The van der Waals surface area contributed by atoms with Crippen molar-refractivity contribution in [3.05, 3.63) is 33.8 Å². The molecule has 0 saturated carbocycles. The maximum absolute atomic E-state index is 9.46. The number of aromatic nitrogens is 1. The molecule has 2 N–H and O–H groups in total. The first-order valence-corrected chi connectivity index (χ1v) is 7.86. The van der Waals surface area contributed by atoms with E-state index in [9.17, 15) is 5.26 Å². The first kappa shape index (κ1) is 13.1. The summed E-state index contributed by atoms with van der Waals surface area (Å²) >= 11 is 1.76. The Morgan fingerprint density at radius 3 is 2.85 bits per heavy atom. The van der Waals surface area contributed by atoms with E-state index in [2.05, 4.69) is 30.1 Å². The third kappa shape index (κ3) is 2.08. The molecule has 0 aromatic carbocycles. The molecule has 0 spiro atoms. The number of rotatable bonds is 2. The summed E-state index contributed by atoms with van der Waals surface area (Å²) in [6.45, 7) is 2.15. The van der Waals surface area contributed by atoms with Crippen LogP contribution in [0.3, 0.4) is 0 Å². The highest BCUT2D eigenvalue weighted by atomic mass is 32.1. The average molecular weight is 283 g/mol. The quantitative estimate of drug-likeness (QED) is 0.914. The number of aryl methyl sites for hydroxylation is 2. The van der Waals surface area contributed by atoms with Crippen LogP contribution in [-0.4, -0.2) is 4.98 Å². The summed E-state index contributed by atoms with van der Waals surface area (Å²) in [6, 6.07) is 6.52. The number of hydrogen-bond donors (Lipinski definition) is 1. The van der Waals surface area contributed by atoms with Crippen LogP contribution in [-0.2, 0) is 19.3 Å². The van der Waals surface area contributed by atoms with Crippen LogP contribution in [0.2, 0.25) is 0 Å². The van der Waals surface area contributed by atoms with Gasteiger partial charge in [0, 0.05) is 21.0 Å². The van der Waals surface area contributed by atoms with Crippen molar-refractivity contribution in [3.8, 4) is 16.5 Å². The van der Waals surface area contributed by atoms with E-state index in [1.165, 1.54) is 16.9 Å². The smallest absolute Gasteiger partial charge is 0.142 e. The minimum absolute atomic E-state index is 0.384. The van der Waals surface area contributed by atoms with Crippen molar-refractivity contribution in [1.82, 2.24) is 4.98 Å². The monoisotopic (exact) mass is 283 g/mol. The Kier molecular flexibility index (Phi) is 3.45. The Morgan fingerprint density at radius 2 is 2.15 bits per heavy atom. The van der Waals surface area contributed by atoms with E-state index in [0.717, 1.165) is 41.8 Å². The minimum Gasteiger partial charge on any atom is -0.383 e. The molecule has 102 valence electrons. The molecule has 0 amide bonds. The molecule has 0 radical (unpaired) electrons. The molecular weight excluding hydrogens is 266 g/mol. The van der Waals surface area contributed by atoms with Crippen LogP contribution in [0.1, 0.15) is 41.5 Å². The molecule has 1 aliphatic rings. The summed E-state index contributed by atoms with van der Waals surface area (Å²) in [5.74, 6) is 0.384. The molecule has 2 aromatic heterocycles. The Bertz CT molecular complexity index is 694. The average Bonchev–Trinajstić information content (AvgIpc) is 2.94. The van der Waals surface area contributed by atoms with Crippen LogP contribution in [0.25, 0.3) is 10.4 Å². The van der Waals surface area contributed by atoms with E-state index in [-0.39, 0.29) is 0 Å². The zero-order valence-corrected chi connectivity index (χ0v) is 12.4. The highest BCUT2D eigenvalue weighted by molar-refractivity contribution is 7.15. The fraction of sp³-hybridized carbons (Fsp3) is 0.375. The van der Waals surface area contributed by atoms with Gasteiger partial charge >= 0.3 is 0 Å². The van der Waals surface area contributed by atoms with Crippen LogP contribution >= 0.6 is 11.3 Å². The lowest BCUT2D eigenvalue weighted by atomic mass is 9.89. The first-order chi connectivity index (χ1) is 9.74. The number of pyridine rings is 1. The van der Waals surface area contributed by atoms with Crippen molar-refractivity contribution in [3.63, 3.8) is 0 Å². The number of thiophene rings is 1. The third-order valence-corrected chi connectivity index (χ3v) is 5.12. The van der Waals surface area contributed by atoms with Crippen molar-refractivity contribution in [1.29, 1.82) is 5.26 Å². The van der Waals surface area contributed by atoms with E-state index in [1.54, 1.807) is 11.3 Å². The second-order valence-corrected chi connectivity index (χ2v) is 6.28. The van der Waals surface area contributed by atoms with Crippen molar-refractivity contribution >= 4 is 17.2 Å². The standard InChI is InChI=1S/C16H17N3S/c1-2-10-7-8-14(20-10)15-11-5-3-4-6-13(11)19-16(18)12(15)9-17/h7-8H,2-6H2,1H3,(H2,18,19). The van der Waals surface area contributed by atoms with Gasteiger partial charge in [-0.3, -0.25) is 0 Å². The van der Waals surface area contributed by atoms with Crippen LogP contribution in [0.5, 0.6) is 0 Å². The van der Waals surface area contributed by atoms with Gasteiger partial charge in [-0.05, 0) is 49.8 Å². The highest BCUT2D eigenvalue weighted by Gasteiger charge is 2.22. The fourth-order valence-corrected chi connectivity index (χ4v) is 3.88. The molecule has 2 heterocycles. The van der Waals surface area contributed by atoms with Gasteiger partial charge in [-0.2, -0.15) is 5.26 Å². The van der Waals surface area contributed by atoms with Crippen molar-refractivity contribution in [2.24, 2.45) is 0 Å². The number of nitriles is 1. The van der Waals surface area contributed by atoms with Gasteiger partial charge in [-0.1, -0.05) is 6.92 Å². The normalized spacial score (nSPS) is 13.8. The summed E-state index contributed by atoms with van der Waals surface area (Å²) < 4.78 is 0. The van der Waals surface area contributed by atoms with Crippen LogP contribution in [0.15, 0.2) is 12.1 Å². The van der Waals surface area contributed by atoms with E-state index in [0.29, 0.717) is 11.4 Å². The third-order valence-electron chi connectivity index (χ3n) is 3.87. The van der Waals surface area contributed by atoms with Crippen molar-refractivity contribution in [2.45, 2.75) is 39.0 Å². The number of hydrogen-bond acceptors (Lipinski definition) is 4. The number of nitrogen functional groups attached to an aromatic ring is 1. The van der Waals surface area contributed by atoms with E-state index >= 15 is 0 Å². The zero-order valence-electron chi connectivity index (χ0n) is 11.6. The summed E-state index contributed by atoms with van der Waals surface area (Å²) in [5, 5.41) is 9.46. The highest BCUT2D eigenvalue weighted by Crippen LogP contribution is 2.39. The maximum atomic E-state index is 9.46. The largest absolute Gasteiger partial charge is 0.383 e. The SMILES string of the molecule is CCc1ccc(-c2c(C#N)c(N)nc3c2CCCC3)s1. The van der Waals surface area contributed by atoms with E-state index in [4.69, 9.17) is 5.73 Å². The van der Waals surface area contributed by atoms with Crippen molar-refractivity contribution in [2.75, 3.05) is 5.73 Å². The Morgan fingerprint density at radius 1 is 1.35 bits per heavy atom. The predicted molar refractivity (Wildman–Crippen MR) is 82.7 cm³/mol. The Hall–Kier alpha value is -1.86. The molecule has 0 saturated heterocycles. The molecule has 0 unspecified atom stereocenters. The summed E-state index contributed by atoms with van der Waals surface area (Å²) in [6.07, 6.45) is 5.34. The van der Waals surface area contributed by atoms with Gasteiger partial charge in [0.15, 0.2) is 0 Å². The second-order valence-electron chi connectivity index (χ2n) is 5.11. The van der Waals surface area contributed by atoms with Gasteiger partial charge in [0.25, 0.3) is 0 Å². The van der Waals surface area contributed by atoms with E-state index < -0.39 is 0 Å². The Labute approximate surface area is 123 Å². The lowest BCUT2D eigenvalue weighted by Crippen LogP contribution is -2.11. The van der Waals surface area contributed by atoms with Gasteiger partial charge in [-0.25, -0.2) is 4.98 Å². The number of fused-ring (bicyclic) bond motifs is 1. The molecule has 3 nitrogen and oxygen atoms in total. The maximum Gasteiger partial charge on any atom is 0.142 e.